The molecule has 2 rings (SSSR count). The number of rotatable bonds is 1. The van der Waals surface area contributed by atoms with Gasteiger partial charge in [-0.25, -0.2) is 0 Å². The molecule has 68 valence electrons. The Labute approximate surface area is 80.1 Å². The molecule has 0 fully saturated rings. The summed E-state index contributed by atoms with van der Waals surface area (Å²) in [5.41, 5.74) is 7.06. The van der Waals surface area contributed by atoms with Crippen LogP contribution in [0.5, 0.6) is 5.75 Å². The lowest BCUT2D eigenvalue weighted by atomic mass is 10.2. The molecule has 13 heavy (non-hydrogen) atoms. The predicted molar refractivity (Wildman–Crippen MR) is 52.9 cm³/mol. The second kappa shape index (κ2) is 2.94. The molecule has 0 spiro atoms. The highest BCUT2D eigenvalue weighted by atomic mass is 35.5. The average Bonchev–Trinajstić information content (AvgIpc) is 2.56. The molecule has 0 bridgehead atoms. The van der Waals surface area contributed by atoms with Gasteiger partial charge in [-0.1, -0.05) is 11.6 Å². The van der Waals surface area contributed by atoms with E-state index in [9.17, 15) is 5.11 Å². The monoisotopic (exact) mass is 196 g/mol. The maximum atomic E-state index is 9.49. The number of phenolic OH excluding ortho intramolecular Hbond substituents is 1. The van der Waals surface area contributed by atoms with E-state index in [1.165, 1.54) is 0 Å². The van der Waals surface area contributed by atoms with Gasteiger partial charge in [0, 0.05) is 17.6 Å². The molecule has 3 nitrogen and oxygen atoms in total. The number of fused-ring (bicyclic) bond motifs is 1. The van der Waals surface area contributed by atoms with Crippen molar-refractivity contribution in [2.45, 2.75) is 6.54 Å². The number of halogens is 1. The molecule has 0 aliphatic rings. The summed E-state index contributed by atoms with van der Waals surface area (Å²) in [7, 11) is 0. The van der Waals surface area contributed by atoms with E-state index in [0.29, 0.717) is 17.0 Å². The Morgan fingerprint density at radius 2 is 2.23 bits per heavy atom. The van der Waals surface area contributed by atoms with Crippen molar-refractivity contribution in [3.8, 4) is 5.75 Å². The summed E-state index contributed by atoms with van der Waals surface area (Å²) in [4.78, 5) is 3.04. The summed E-state index contributed by atoms with van der Waals surface area (Å²) < 4.78 is 0. The molecule has 1 aromatic heterocycles. The van der Waals surface area contributed by atoms with Gasteiger partial charge in [0.15, 0.2) is 0 Å². The summed E-state index contributed by atoms with van der Waals surface area (Å²) in [5, 5.41) is 10.8. The Morgan fingerprint density at radius 1 is 1.46 bits per heavy atom. The van der Waals surface area contributed by atoms with Crippen molar-refractivity contribution in [2.24, 2.45) is 5.73 Å². The van der Waals surface area contributed by atoms with Crippen molar-refractivity contribution in [3.63, 3.8) is 0 Å². The van der Waals surface area contributed by atoms with Gasteiger partial charge in [0.1, 0.15) is 5.75 Å². The quantitative estimate of drug-likeness (QED) is 0.653. The lowest BCUT2D eigenvalue weighted by molar-refractivity contribution is 0.481. The summed E-state index contributed by atoms with van der Waals surface area (Å²) in [6.07, 6.45) is 0. The smallest absolute Gasteiger partial charge is 0.125 e. The third-order valence-corrected chi connectivity index (χ3v) is 2.31. The summed E-state index contributed by atoms with van der Waals surface area (Å²) in [6.45, 7) is 0.407. The molecular weight excluding hydrogens is 188 g/mol. The molecule has 0 radical (unpaired) electrons. The number of phenols is 1. The number of aromatic amines is 1. The van der Waals surface area contributed by atoms with Crippen LogP contribution in [0.4, 0.5) is 0 Å². The number of nitrogens with two attached hydrogens (primary N) is 1. The molecule has 4 N–H and O–H groups in total. The second-order valence-electron chi connectivity index (χ2n) is 2.85. The normalized spacial score (nSPS) is 10.9. The van der Waals surface area contributed by atoms with Crippen LogP contribution in [-0.4, -0.2) is 10.1 Å². The SMILES string of the molecule is NCc1cc2c(O)ccc(Cl)c2[nH]1. The minimum atomic E-state index is 0.218. The first-order chi connectivity index (χ1) is 6.22. The van der Waals surface area contributed by atoms with Crippen LogP contribution in [0, 0.1) is 0 Å². The van der Waals surface area contributed by atoms with Gasteiger partial charge in [0.25, 0.3) is 0 Å². The Morgan fingerprint density at radius 3 is 2.85 bits per heavy atom. The molecule has 0 atom stereocenters. The predicted octanol–water partition coefficient (Wildman–Crippen LogP) is 1.99. The molecule has 0 aliphatic heterocycles. The zero-order valence-corrected chi connectivity index (χ0v) is 7.60. The fourth-order valence-electron chi connectivity index (χ4n) is 1.34. The Balaban J connectivity index is 2.80. The van der Waals surface area contributed by atoms with Crippen molar-refractivity contribution in [1.29, 1.82) is 0 Å². The van der Waals surface area contributed by atoms with Crippen LogP contribution in [0.15, 0.2) is 18.2 Å². The van der Waals surface area contributed by atoms with Crippen LogP contribution < -0.4 is 5.73 Å². The Bertz CT molecular complexity index is 411. The first kappa shape index (κ1) is 8.41. The van der Waals surface area contributed by atoms with Crippen LogP contribution >= 0.6 is 11.6 Å². The maximum Gasteiger partial charge on any atom is 0.125 e. The third-order valence-electron chi connectivity index (χ3n) is 2.00. The van der Waals surface area contributed by atoms with Crippen LogP contribution in [0.1, 0.15) is 5.69 Å². The molecule has 0 unspecified atom stereocenters. The fraction of sp³-hybridized carbons (Fsp3) is 0.111. The number of H-pyrrole nitrogens is 1. The van der Waals surface area contributed by atoms with E-state index in [1.807, 2.05) is 0 Å². The van der Waals surface area contributed by atoms with Gasteiger partial charge in [-0.2, -0.15) is 0 Å². The van der Waals surface area contributed by atoms with E-state index in [4.69, 9.17) is 17.3 Å². The standard InChI is InChI=1S/C9H9ClN2O/c10-7-1-2-8(13)6-3-5(4-11)12-9(6)7/h1-3,12-13H,4,11H2. The molecule has 0 aliphatic carbocycles. The van der Waals surface area contributed by atoms with E-state index in [1.54, 1.807) is 18.2 Å². The van der Waals surface area contributed by atoms with Gasteiger partial charge in [-0.05, 0) is 18.2 Å². The summed E-state index contributed by atoms with van der Waals surface area (Å²) in [5.74, 6) is 0.218. The maximum absolute atomic E-state index is 9.49. The van der Waals surface area contributed by atoms with Crippen LogP contribution in [0.3, 0.4) is 0 Å². The van der Waals surface area contributed by atoms with E-state index >= 15 is 0 Å². The third kappa shape index (κ3) is 1.26. The van der Waals surface area contributed by atoms with Crippen molar-refractivity contribution in [3.05, 3.63) is 28.9 Å². The first-order valence-corrected chi connectivity index (χ1v) is 4.29. The summed E-state index contributed by atoms with van der Waals surface area (Å²) in [6, 6.07) is 5.02. The van der Waals surface area contributed by atoms with E-state index in [2.05, 4.69) is 4.98 Å². The van der Waals surface area contributed by atoms with Crippen molar-refractivity contribution in [2.75, 3.05) is 0 Å². The molecule has 4 heteroatoms. The van der Waals surface area contributed by atoms with Crippen LogP contribution in [0.2, 0.25) is 5.02 Å². The number of aromatic hydroxyl groups is 1. The van der Waals surface area contributed by atoms with Crippen molar-refractivity contribution in [1.82, 2.24) is 4.98 Å². The fourth-order valence-corrected chi connectivity index (χ4v) is 1.55. The molecule has 0 amide bonds. The largest absolute Gasteiger partial charge is 0.507 e. The van der Waals surface area contributed by atoms with Crippen LogP contribution in [0.25, 0.3) is 10.9 Å². The van der Waals surface area contributed by atoms with Gasteiger partial charge in [0.05, 0.1) is 10.5 Å². The lowest BCUT2D eigenvalue weighted by Crippen LogP contribution is -1.95. The van der Waals surface area contributed by atoms with Crippen LogP contribution in [-0.2, 0) is 6.54 Å². The second-order valence-corrected chi connectivity index (χ2v) is 3.26. The average molecular weight is 197 g/mol. The van der Waals surface area contributed by atoms with E-state index in [0.717, 1.165) is 11.2 Å². The van der Waals surface area contributed by atoms with Gasteiger partial charge < -0.3 is 15.8 Å². The number of hydrogen-bond donors (Lipinski definition) is 3. The molecular formula is C9H9ClN2O. The molecule has 1 aromatic carbocycles. The zero-order chi connectivity index (χ0) is 9.42. The lowest BCUT2D eigenvalue weighted by Gasteiger charge is -1.95. The topological polar surface area (TPSA) is 62.0 Å². The van der Waals surface area contributed by atoms with Crippen molar-refractivity contribution < 1.29 is 5.11 Å². The van der Waals surface area contributed by atoms with Gasteiger partial charge in [-0.3, -0.25) is 0 Å². The number of nitrogens with one attached hydrogen (secondary N) is 1. The Hall–Kier alpha value is -1.19. The summed E-state index contributed by atoms with van der Waals surface area (Å²) >= 11 is 5.92. The highest BCUT2D eigenvalue weighted by Crippen LogP contribution is 2.30. The van der Waals surface area contributed by atoms with Gasteiger partial charge in [-0.15, -0.1) is 0 Å². The molecule has 0 saturated carbocycles. The minimum Gasteiger partial charge on any atom is -0.507 e. The highest BCUT2D eigenvalue weighted by Gasteiger charge is 2.06. The highest BCUT2D eigenvalue weighted by molar-refractivity contribution is 6.35. The van der Waals surface area contributed by atoms with Crippen molar-refractivity contribution >= 4 is 22.5 Å². The van der Waals surface area contributed by atoms with Gasteiger partial charge >= 0.3 is 0 Å². The molecule has 2 aromatic rings. The number of aromatic nitrogens is 1. The Kier molecular flexibility index (Phi) is 1.90. The number of benzene rings is 1. The number of hydrogen-bond acceptors (Lipinski definition) is 2. The molecule has 1 heterocycles. The first-order valence-electron chi connectivity index (χ1n) is 3.91. The zero-order valence-electron chi connectivity index (χ0n) is 6.84. The molecule has 0 saturated heterocycles. The van der Waals surface area contributed by atoms with E-state index < -0.39 is 0 Å². The van der Waals surface area contributed by atoms with E-state index in [-0.39, 0.29) is 5.75 Å². The van der Waals surface area contributed by atoms with Gasteiger partial charge in [0.2, 0.25) is 0 Å². The minimum absolute atomic E-state index is 0.218.